The van der Waals surface area contributed by atoms with E-state index in [1.165, 1.54) is 17.6 Å². The van der Waals surface area contributed by atoms with E-state index < -0.39 is 29.9 Å². The number of carbonyl (C=O) groups excluding carboxylic acids is 2. The Labute approximate surface area is 204 Å². The molecule has 0 bridgehead atoms. The SMILES string of the molecule is CN1CCCC(c2ccc3c(c2)[nH]/c(=N\C(=O)c2cccc(C(F)(F)F)c2)n3C[C@](C)(F)CO)C1=O. The molecule has 0 radical (unpaired) electrons. The van der Waals surface area contributed by atoms with Crippen molar-refractivity contribution < 1.29 is 32.3 Å². The van der Waals surface area contributed by atoms with Gasteiger partial charge in [0.25, 0.3) is 5.91 Å². The van der Waals surface area contributed by atoms with Gasteiger partial charge in [0.2, 0.25) is 11.5 Å². The third-order valence-electron chi connectivity index (χ3n) is 6.34. The summed E-state index contributed by atoms with van der Waals surface area (Å²) in [5.41, 5.74) is -1.75. The van der Waals surface area contributed by atoms with Crippen molar-refractivity contribution in [2.45, 2.75) is 44.1 Å². The molecule has 1 aliphatic rings. The third-order valence-corrected chi connectivity index (χ3v) is 6.34. The average Bonchev–Trinajstić information content (AvgIpc) is 3.15. The van der Waals surface area contributed by atoms with Crippen molar-refractivity contribution in [3.63, 3.8) is 0 Å². The lowest BCUT2D eigenvalue weighted by Crippen LogP contribution is -2.37. The molecule has 2 atom stereocenters. The number of hydrogen-bond donors (Lipinski definition) is 2. The second kappa shape index (κ2) is 9.53. The standard InChI is InChI=1S/C25H26F4N4O3/c1-24(26,14-34)13-33-20-9-8-15(18-7-4-10-32(2)22(18)36)12-19(20)30-23(33)31-21(35)16-5-3-6-17(11-16)25(27,28)29/h3,5-6,8-9,11-12,18,34H,4,7,10,13-14H2,1-2H3,(H,30,31,35)/t18?,24-/m0/s1. The first kappa shape index (κ1) is 25.6. The molecule has 36 heavy (non-hydrogen) atoms. The summed E-state index contributed by atoms with van der Waals surface area (Å²) in [6.45, 7) is 0.691. The van der Waals surface area contributed by atoms with E-state index in [1.807, 2.05) is 0 Å². The van der Waals surface area contributed by atoms with Crippen LogP contribution in [0.2, 0.25) is 0 Å². The molecule has 2 amide bonds. The van der Waals surface area contributed by atoms with Crippen LogP contribution in [0.1, 0.15) is 47.2 Å². The number of aromatic nitrogens is 2. The highest BCUT2D eigenvalue weighted by molar-refractivity contribution is 5.95. The fraction of sp³-hybridized carbons (Fsp3) is 0.400. The maximum atomic E-state index is 14.8. The highest BCUT2D eigenvalue weighted by Crippen LogP contribution is 2.31. The van der Waals surface area contributed by atoms with Crippen molar-refractivity contribution >= 4 is 22.8 Å². The highest BCUT2D eigenvalue weighted by atomic mass is 19.4. The van der Waals surface area contributed by atoms with Crippen LogP contribution in [-0.4, -0.2) is 57.2 Å². The number of halogens is 4. The number of amides is 2. The summed E-state index contributed by atoms with van der Waals surface area (Å²) >= 11 is 0. The first-order valence-electron chi connectivity index (χ1n) is 11.4. The number of fused-ring (bicyclic) bond motifs is 1. The first-order valence-corrected chi connectivity index (χ1v) is 11.4. The predicted octanol–water partition coefficient (Wildman–Crippen LogP) is 3.79. The van der Waals surface area contributed by atoms with E-state index in [0.717, 1.165) is 24.1 Å². The zero-order chi connectivity index (χ0) is 26.3. The number of carbonyl (C=O) groups is 2. The zero-order valence-electron chi connectivity index (χ0n) is 19.8. The summed E-state index contributed by atoms with van der Waals surface area (Å²) in [6, 6.07) is 9.03. The van der Waals surface area contributed by atoms with E-state index in [9.17, 15) is 32.3 Å². The summed E-state index contributed by atoms with van der Waals surface area (Å²) in [5, 5.41) is 9.45. The van der Waals surface area contributed by atoms with Gasteiger partial charge in [-0.3, -0.25) is 9.59 Å². The van der Waals surface area contributed by atoms with Crippen LogP contribution in [-0.2, 0) is 17.5 Å². The van der Waals surface area contributed by atoms with Gasteiger partial charge in [-0.05, 0) is 55.7 Å². The lowest BCUT2D eigenvalue weighted by molar-refractivity contribution is -0.137. The van der Waals surface area contributed by atoms with Gasteiger partial charge in [-0.1, -0.05) is 12.1 Å². The normalized spacial score (nSPS) is 19.1. The van der Waals surface area contributed by atoms with Crippen LogP contribution in [0.25, 0.3) is 11.0 Å². The van der Waals surface area contributed by atoms with E-state index in [0.29, 0.717) is 30.1 Å². The fourth-order valence-corrected chi connectivity index (χ4v) is 4.37. The van der Waals surface area contributed by atoms with Gasteiger partial charge in [-0.2, -0.15) is 18.2 Å². The Kier molecular flexibility index (Phi) is 6.78. The smallest absolute Gasteiger partial charge is 0.393 e. The Bertz CT molecular complexity index is 1370. The minimum absolute atomic E-state index is 0.0127. The molecule has 0 saturated carbocycles. The second-order valence-corrected chi connectivity index (χ2v) is 9.33. The summed E-state index contributed by atoms with van der Waals surface area (Å²) in [7, 11) is 1.74. The van der Waals surface area contributed by atoms with Gasteiger partial charge in [-0.15, -0.1) is 0 Å². The number of nitrogens with one attached hydrogen (secondary N) is 1. The quantitative estimate of drug-likeness (QED) is 0.516. The number of nitrogens with zero attached hydrogens (tertiary/aromatic N) is 3. The number of aromatic amines is 1. The van der Waals surface area contributed by atoms with Gasteiger partial charge >= 0.3 is 6.18 Å². The number of likely N-dealkylation sites (tertiary alicyclic amines) is 1. The number of rotatable bonds is 5. The van der Waals surface area contributed by atoms with Crippen molar-refractivity contribution in [1.29, 1.82) is 0 Å². The zero-order valence-corrected chi connectivity index (χ0v) is 19.8. The van der Waals surface area contributed by atoms with E-state index >= 15 is 0 Å². The number of likely N-dealkylation sites (N-methyl/N-ethyl adjacent to an activating group) is 1. The Morgan fingerprint density at radius 3 is 2.64 bits per heavy atom. The molecule has 4 rings (SSSR count). The van der Waals surface area contributed by atoms with E-state index in [2.05, 4.69) is 9.98 Å². The van der Waals surface area contributed by atoms with Crippen LogP contribution in [0.4, 0.5) is 17.6 Å². The summed E-state index contributed by atoms with van der Waals surface area (Å²) < 4.78 is 55.4. The molecule has 7 nitrogen and oxygen atoms in total. The number of H-pyrrole nitrogens is 1. The minimum Gasteiger partial charge on any atom is -0.393 e. The van der Waals surface area contributed by atoms with Crippen LogP contribution in [0, 0.1) is 0 Å². The Hall–Kier alpha value is -3.47. The molecule has 2 heterocycles. The van der Waals surface area contributed by atoms with Crippen LogP contribution in [0.3, 0.4) is 0 Å². The molecular weight excluding hydrogens is 480 g/mol. The topological polar surface area (TPSA) is 90.7 Å². The molecule has 0 aliphatic carbocycles. The van der Waals surface area contributed by atoms with Crippen molar-refractivity contribution in [2.75, 3.05) is 20.2 Å². The molecule has 1 saturated heterocycles. The Morgan fingerprint density at radius 2 is 1.94 bits per heavy atom. The summed E-state index contributed by atoms with van der Waals surface area (Å²) in [6.07, 6.45) is -3.11. The monoisotopic (exact) mass is 506 g/mol. The molecule has 2 N–H and O–H groups in total. The average molecular weight is 507 g/mol. The molecule has 1 fully saturated rings. The first-order chi connectivity index (χ1) is 16.9. The number of aliphatic hydroxyl groups is 1. The Morgan fingerprint density at radius 1 is 1.19 bits per heavy atom. The number of benzene rings is 2. The predicted molar refractivity (Wildman–Crippen MR) is 124 cm³/mol. The van der Waals surface area contributed by atoms with Crippen molar-refractivity contribution in [3.8, 4) is 0 Å². The van der Waals surface area contributed by atoms with Gasteiger partial charge in [-0.25, -0.2) is 4.39 Å². The molecule has 192 valence electrons. The van der Waals surface area contributed by atoms with Crippen LogP contribution in [0.5, 0.6) is 0 Å². The maximum Gasteiger partial charge on any atom is 0.416 e. The van der Waals surface area contributed by atoms with Gasteiger partial charge < -0.3 is 19.6 Å². The summed E-state index contributed by atoms with van der Waals surface area (Å²) in [4.78, 5) is 34.0. The van der Waals surface area contributed by atoms with E-state index in [-0.39, 0.29) is 29.6 Å². The van der Waals surface area contributed by atoms with Crippen LogP contribution >= 0.6 is 0 Å². The molecular formula is C25H26F4N4O3. The van der Waals surface area contributed by atoms with Crippen molar-refractivity contribution in [1.82, 2.24) is 14.5 Å². The van der Waals surface area contributed by atoms with Crippen molar-refractivity contribution in [2.24, 2.45) is 4.99 Å². The number of alkyl halides is 4. The Balaban J connectivity index is 1.81. The molecule has 2 aromatic carbocycles. The van der Waals surface area contributed by atoms with Gasteiger partial charge in [0.1, 0.15) is 5.67 Å². The lowest BCUT2D eigenvalue weighted by atomic mass is 9.90. The number of hydrogen-bond acceptors (Lipinski definition) is 3. The molecule has 3 aromatic rings. The van der Waals surface area contributed by atoms with Crippen LogP contribution < -0.4 is 5.62 Å². The van der Waals surface area contributed by atoms with Gasteiger partial charge in [0, 0.05) is 19.2 Å². The second-order valence-electron chi connectivity index (χ2n) is 9.33. The number of piperidine rings is 1. The van der Waals surface area contributed by atoms with Gasteiger partial charge in [0.15, 0.2) is 0 Å². The largest absolute Gasteiger partial charge is 0.416 e. The molecule has 1 aliphatic heterocycles. The fourth-order valence-electron chi connectivity index (χ4n) is 4.37. The number of aliphatic hydroxyl groups excluding tert-OH is 1. The molecule has 0 spiro atoms. The van der Waals surface area contributed by atoms with E-state index in [1.54, 1.807) is 30.1 Å². The van der Waals surface area contributed by atoms with Crippen LogP contribution in [0.15, 0.2) is 47.5 Å². The summed E-state index contributed by atoms with van der Waals surface area (Å²) in [5.74, 6) is -1.31. The highest BCUT2D eigenvalue weighted by Gasteiger charge is 2.31. The lowest BCUT2D eigenvalue weighted by Gasteiger charge is -2.29. The third kappa shape index (κ3) is 5.20. The molecule has 1 unspecified atom stereocenters. The minimum atomic E-state index is -4.63. The van der Waals surface area contributed by atoms with Crippen molar-refractivity contribution in [3.05, 3.63) is 64.8 Å². The molecule has 11 heteroatoms. The molecule has 1 aromatic heterocycles. The van der Waals surface area contributed by atoms with E-state index in [4.69, 9.17) is 0 Å². The maximum absolute atomic E-state index is 14.8. The number of imidazole rings is 1. The van der Waals surface area contributed by atoms with Gasteiger partial charge in [0.05, 0.1) is 35.7 Å².